The Bertz CT molecular complexity index is 1350. The molecule has 1 aliphatic carbocycles. The van der Waals surface area contributed by atoms with Crippen LogP contribution < -0.4 is 0 Å². The minimum atomic E-state index is -0.341. The first kappa shape index (κ1) is 20.0. The van der Waals surface area contributed by atoms with Crippen molar-refractivity contribution in [1.29, 1.82) is 0 Å². The van der Waals surface area contributed by atoms with Gasteiger partial charge in [0, 0.05) is 42.7 Å². The summed E-state index contributed by atoms with van der Waals surface area (Å²) >= 11 is 0. The molecule has 1 saturated carbocycles. The van der Waals surface area contributed by atoms with Gasteiger partial charge in [-0.05, 0) is 55.0 Å². The zero-order valence-corrected chi connectivity index (χ0v) is 18.2. The molecule has 2 fully saturated rings. The van der Waals surface area contributed by atoms with Gasteiger partial charge in [0.05, 0.1) is 11.1 Å². The van der Waals surface area contributed by atoms with Gasteiger partial charge in [-0.15, -0.1) is 10.2 Å². The van der Waals surface area contributed by atoms with Gasteiger partial charge in [-0.3, -0.25) is 9.78 Å². The van der Waals surface area contributed by atoms with Gasteiger partial charge >= 0.3 is 0 Å². The number of nitrogens with zero attached hydrogens (tertiary/aromatic N) is 5. The first-order valence-electron chi connectivity index (χ1n) is 11.5. The van der Waals surface area contributed by atoms with Crippen LogP contribution >= 0.6 is 0 Å². The zero-order chi connectivity index (χ0) is 22.4. The van der Waals surface area contributed by atoms with E-state index >= 15 is 4.39 Å². The minimum Gasteiger partial charge on any atom is -0.342 e. The smallest absolute Gasteiger partial charge is 0.225 e. The molecule has 2 aromatic heterocycles. The van der Waals surface area contributed by atoms with E-state index in [1.54, 1.807) is 18.6 Å². The van der Waals surface area contributed by atoms with Crippen LogP contribution in [0.1, 0.15) is 19.3 Å². The molecule has 166 valence electrons. The summed E-state index contributed by atoms with van der Waals surface area (Å²) in [6.07, 6.45) is 6.43. The first-order chi connectivity index (χ1) is 16.2. The van der Waals surface area contributed by atoms with Gasteiger partial charge < -0.3 is 9.47 Å². The lowest BCUT2D eigenvalue weighted by Gasteiger charge is -2.17. The number of carbonyl (C=O) groups excluding carboxylic acids is 1. The molecule has 6 rings (SSSR count). The number of benzene rings is 2. The number of amides is 1. The number of hydrogen-bond acceptors (Lipinski definition) is 4. The van der Waals surface area contributed by atoms with Crippen molar-refractivity contribution >= 4 is 16.8 Å². The molecule has 0 unspecified atom stereocenters. The molecule has 0 radical (unpaired) electrons. The SMILES string of the molecule is O=C(C1CC1)N1CC[C@@H](Cn2cnnc2-c2ccc(-c3cnc4ccccc4c3)cc2F)C1. The molecular formula is C26H24FN5O. The molecule has 0 bridgehead atoms. The number of pyridine rings is 1. The van der Waals surface area contributed by atoms with Crippen LogP contribution in [0.3, 0.4) is 0 Å². The molecular weight excluding hydrogens is 417 g/mol. The molecule has 3 heterocycles. The van der Waals surface area contributed by atoms with Crippen LogP contribution in [-0.2, 0) is 11.3 Å². The largest absolute Gasteiger partial charge is 0.342 e. The van der Waals surface area contributed by atoms with Crippen LogP contribution in [0.2, 0.25) is 0 Å². The highest BCUT2D eigenvalue weighted by Crippen LogP contribution is 2.34. The van der Waals surface area contributed by atoms with E-state index in [2.05, 4.69) is 15.2 Å². The summed E-state index contributed by atoms with van der Waals surface area (Å²) in [5.74, 6) is 1.05. The van der Waals surface area contributed by atoms with E-state index in [-0.39, 0.29) is 11.7 Å². The van der Waals surface area contributed by atoms with Crippen molar-refractivity contribution in [3.05, 3.63) is 66.9 Å². The molecule has 1 amide bonds. The number of para-hydroxylation sites is 1. The number of fused-ring (bicyclic) bond motifs is 1. The van der Waals surface area contributed by atoms with E-state index in [4.69, 9.17) is 0 Å². The number of aromatic nitrogens is 4. The second kappa shape index (κ2) is 8.06. The fraction of sp³-hybridized carbons (Fsp3) is 0.308. The van der Waals surface area contributed by atoms with Crippen molar-refractivity contribution in [3.8, 4) is 22.5 Å². The van der Waals surface area contributed by atoms with Gasteiger partial charge in [0.15, 0.2) is 5.82 Å². The lowest BCUT2D eigenvalue weighted by Crippen LogP contribution is -2.30. The molecule has 2 aliphatic rings. The van der Waals surface area contributed by atoms with Gasteiger partial charge in [0.2, 0.25) is 5.91 Å². The predicted molar refractivity (Wildman–Crippen MR) is 124 cm³/mol. The third-order valence-electron chi connectivity index (χ3n) is 6.73. The average Bonchev–Trinajstić information content (AvgIpc) is 3.42. The van der Waals surface area contributed by atoms with Crippen LogP contribution in [0.4, 0.5) is 4.39 Å². The van der Waals surface area contributed by atoms with Crippen molar-refractivity contribution in [2.75, 3.05) is 13.1 Å². The van der Waals surface area contributed by atoms with E-state index in [1.807, 2.05) is 45.9 Å². The maximum absolute atomic E-state index is 15.2. The summed E-state index contributed by atoms with van der Waals surface area (Å²) in [5, 5.41) is 9.27. The average molecular weight is 442 g/mol. The van der Waals surface area contributed by atoms with Crippen LogP contribution in [0.25, 0.3) is 33.4 Å². The lowest BCUT2D eigenvalue weighted by atomic mass is 10.0. The minimum absolute atomic E-state index is 0.250. The lowest BCUT2D eigenvalue weighted by molar-refractivity contribution is -0.131. The highest BCUT2D eigenvalue weighted by Gasteiger charge is 2.36. The number of likely N-dealkylation sites (tertiary alicyclic amines) is 1. The maximum atomic E-state index is 15.2. The topological polar surface area (TPSA) is 63.9 Å². The maximum Gasteiger partial charge on any atom is 0.225 e. The molecule has 33 heavy (non-hydrogen) atoms. The monoisotopic (exact) mass is 441 g/mol. The second-order valence-corrected chi connectivity index (χ2v) is 9.13. The number of halogens is 1. The number of hydrogen-bond donors (Lipinski definition) is 0. The van der Waals surface area contributed by atoms with E-state index in [9.17, 15) is 4.79 Å². The van der Waals surface area contributed by atoms with Crippen molar-refractivity contribution in [2.24, 2.45) is 11.8 Å². The van der Waals surface area contributed by atoms with Gasteiger partial charge in [-0.2, -0.15) is 0 Å². The van der Waals surface area contributed by atoms with Crippen molar-refractivity contribution in [2.45, 2.75) is 25.8 Å². The van der Waals surface area contributed by atoms with Gasteiger partial charge in [-0.1, -0.05) is 24.3 Å². The third kappa shape index (κ3) is 3.88. The molecule has 1 atom stereocenters. The van der Waals surface area contributed by atoms with Crippen LogP contribution in [0.5, 0.6) is 0 Å². The molecule has 1 saturated heterocycles. The Morgan fingerprint density at radius 3 is 2.79 bits per heavy atom. The van der Waals surface area contributed by atoms with Crippen LogP contribution in [0.15, 0.2) is 61.1 Å². The summed E-state index contributed by atoms with van der Waals surface area (Å²) in [4.78, 5) is 18.8. The number of carbonyl (C=O) groups is 1. The van der Waals surface area contributed by atoms with E-state index in [1.165, 1.54) is 6.07 Å². The quantitative estimate of drug-likeness (QED) is 0.456. The molecule has 0 N–H and O–H groups in total. The highest BCUT2D eigenvalue weighted by molar-refractivity contribution is 5.84. The fourth-order valence-electron chi connectivity index (χ4n) is 4.75. The van der Waals surface area contributed by atoms with Crippen molar-refractivity contribution < 1.29 is 9.18 Å². The Morgan fingerprint density at radius 2 is 1.94 bits per heavy atom. The van der Waals surface area contributed by atoms with Crippen LogP contribution in [-0.4, -0.2) is 43.6 Å². The molecule has 7 heteroatoms. The fourth-order valence-corrected chi connectivity index (χ4v) is 4.75. The Kier molecular flexibility index (Phi) is 4.89. The van der Waals surface area contributed by atoms with Crippen molar-refractivity contribution in [1.82, 2.24) is 24.6 Å². The summed E-state index contributed by atoms with van der Waals surface area (Å²) in [5.41, 5.74) is 2.97. The van der Waals surface area contributed by atoms with E-state index < -0.39 is 0 Å². The zero-order valence-electron chi connectivity index (χ0n) is 18.2. The van der Waals surface area contributed by atoms with Gasteiger partial charge in [0.1, 0.15) is 12.1 Å². The molecule has 1 aliphatic heterocycles. The summed E-state index contributed by atoms with van der Waals surface area (Å²) in [6.45, 7) is 2.23. The summed E-state index contributed by atoms with van der Waals surface area (Å²) in [7, 11) is 0. The van der Waals surface area contributed by atoms with Gasteiger partial charge in [0.25, 0.3) is 0 Å². The Labute approximate surface area is 191 Å². The Hall–Kier alpha value is -3.61. The molecule has 4 aromatic rings. The summed E-state index contributed by atoms with van der Waals surface area (Å²) in [6, 6.07) is 15.1. The third-order valence-corrected chi connectivity index (χ3v) is 6.73. The van der Waals surface area contributed by atoms with E-state index in [0.29, 0.717) is 29.8 Å². The van der Waals surface area contributed by atoms with E-state index in [0.717, 1.165) is 54.4 Å². The number of rotatable bonds is 5. The Balaban J connectivity index is 1.22. The standard InChI is InChI=1S/C26H24FN5O/c27-23-12-19(21-11-20-3-1-2-4-24(20)28-13-21)7-8-22(23)25-30-29-16-32(25)15-17-9-10-31(14-17)26(33)18-5-6-18/h1-4,7-8,11-13,16-18H,5-6,9-10,14-15H2/t17-/m1/s1. The highest BCUT2D eigenvalue weighted by atomic mass is 19.1. The van der Waals surface area contributed by atoms with Crippen LogP contribution in [0, 0.1) is 17.7 Å². The van der Waals surface area contributed by atoms with Crippen molar-refractivity contribution in [3.63, 3.8) is 0 Å². The predicted octanol–water partition coefficient (Wildman–Crippen LogP) is 4.56. The normalized spacial score (nSPS) is 18.2. The van der Waals surface area contributed by atoms with Gasteiger partial charge in [-0.25, -0.2) is 4.39 Å². The first-order valence-corrected chi connectivity index (χ1v) is 11.5. The second-order valence-electron chi connectivity index (χ2n) is 9.13. The molecule has 6 nitrogen and oxygen atoms in total. The molecule has 0 spiro atoms. The molecule has 2 aromatic carbocycles. The summed E-state index contributed by atoms with van der Waals surface area (Å²) < 4.78 is 17.1. The Morgan fingerprint density at radius 1 is 1.06 bits per heavy atom.